The largest absolute Gasteiger partial charge is 0.338 e. The molecule has 0 saturated carbocycles. The molecule has 2 N–H and O–H groups in total. The van der Waals surface area contributed by atoms with Crippen LogP contribution in [0.4, 0.5) is 10.5 Å². The molecule has 0 radical (unpaired) electrons. The van der Waals surface area contributed by atoms with Gasteiger partial charge in [0.1, 0.15) is 0 Å². The molecule has 3 aromatic rings. The average molecular weight is 350 g/mol. The fourth-order valence-electron chi connectivity index (χ4n) is 3.16. The first-order valence-electron chi connectivity index (χ1n) is 9.47. The molecule has 136 valence electrons. The summed E-state index contributed by atoms with van der Waals surface area (Å²) in [6.45, 7) is 2.91. The van der Waals surface area contributed by atoms with Gasteiger partial charge in [0.05, 0.1) is 16.7 Å². The van der Waals surface area contributed by atoms with Crippen molar-refractivity contribution in [3.05, 3.63) is 42.7 Å². The summed E-state index contributed by atoms with van der Waals surface area (Å²) < 4.78 is 0. The van der Waals surface area contributed by atoms with Gasteiger partial charge in [-0.05, 0) is 30.7 Å². The van der Waals surface area contributed by atoms with Crippen LogP contribution in [0.2, 0.25) is 0 Å². The first-order valence-corrected chi connectivity index (χ1v) is 9.47. The number of nitrogens with zero attached hydrogens (tertiary/aromatic N) is 2. The second kappa shape index (κ2) is 9.13. The van der Waals surface area contributed by atoms with Gasteiger partial charge in [-0.3, -0.25) is 9.97 Å². The number of carbonyl (C=O) groups excluding carboxylic acids is 1. The van der Waals surface area contributed by atoms with Gasteiger partial charge in [0.2, 0.25) is 0 Å². The fourth-order valence-corrected chi connectivity index (χ4v) is 3.16. The lowest BCUT2D eigenvalue weighted by molar-refractivity contribution is 0.252. The molecule has 26 heavy (non-hydrogen) atoms. The van der Waals surface area contributed by atoms with Gasteiger partial charge in [-0.2, -0.15) is 0 Å². The number of hydrogen-bond acceptors (Lipinski definition) is 3. The van der Waals surface area contributed by atoms with Crippen molar-refractivity contribution in [1.82, 2.24) is 15.3 Å². The standard InChI is InChI=1S/C21H26N4O/c1-2-3-4-5-6-7-12-24-21(26)25-18-15-16-10-8-13-22-19(16)17-11-9-14-23-20(17)18/h8-11,13-15H,2-7,12H2,1H3,(H2,24,25,26). The highest BCUT2D eigenvalue weighted by Gasteiger charge is 2.10. The molecule has 2 heterocycles. The molecule has 0 spiro atoms. The van der Waals surface area contributed by atoms with E-state index in [1.807, 2.05) is 30.3 Å². The van der Waals surface area contributed by atoms with Crippen LogP contribution in [0.15, 0.2) is 42.7 Å². The Kier molecular flexibility index (Phi) is 6.36. The zero-order valence-corrected chi connectivity index (χ0v) is 15.3. The Balaban J connectivity index is 1.63. The van der Waals surface area contributed by atoms with Crippen LogP contribution in [0.5, 0.6) is 0 Å². The van der Waals surface area contributed by atoms with Gasteiger partial charge in [-0.25, -0.2) is 4.79 Å². The van der Waals surface area contributed by atoms with Crippen LogP contribution in [-0.4, -0.2) is 22.5 Å². The maximum absolute atomic E-state index is 12.3. The van der Waals surface area contributed by atoms with Crippen molar-refractivity contribution in [2.75, 3.05) is 11.9 Å². The second-order valence-corrected chi connectivity index (χ2v) is 6.55. The highest BCUT2D eigenvalue weighted by atomic mass is 16.2. The Labute approximate surface area is 154 Å². The SMILES string of the molecule is CCCCCCCCNC(=O)Nc1cc2cccnc2c2cccnc12. The van der Waals surface area contributed by atoms with Crippen LogP contribution in [0.25, 0.3) is 21.8 Å². The number of benzene rings is 1. The second-order valence-electron chi connectivity index (χ2n) is 6.55. The van der Waals surface area contributed by atoms with Gasteiger partial charge in [0, 0.05) is 29.7 Å². The van der Waals surface area contributed by atoms with Crippen molar-refractivity contribution in [1.29, 1.82) is 0 Å². The van der Waals surface area contributed by atoms with Crippen molar-refractivity contribution in [3.8, 4) is 0 Å². The minimum atomic E-state index is -0.186. The van der Waals surface area contributed by atoms with Gasteiger partial charge < -0.3 is 10.6 Å². The molecule has 5 heteroatoms. The van der Waals surface area contributed by atoms with E-state index in [9.17, 15) is 4.79 Å². The lowest BCUT2D eigenvalue weighted by atomic mass is 10.1. The van der Waals surface area contributed by atoms with Crippen molar-refractivity contribution in [2.24, 2.45) is 0 Å². The number of unbranched alkanes of at least 4 members (excludes halogenated alkanes) is 5. The molecule has 0 unspecified atom stereocenters. The van der Waals surface area contributed by atoms with Crippen LogP contribution < -0.4 is 10.6 Å². The van der Waals surface area contributed by atoms with Gasteiger partial charge in [0.15, 0.2) is 0 Å². The highest BCUT2D eigenvalue weighted by Crippen LogP contribution is 2.28. The lowest BCUT2D eigenvalue weighted by Gasteiger charge is -2.11. The summed E-state index contributed by atoms with van der Waals surface area (Å²) in [5.74, 6) is 0. The number of carbonyl (C=O) groups is 1. The Hall–Kier alpha value is -2.69. The lowest BCUT2D eigenvalue weighted by Crippen LogP contribution is -2.29. The van der Waals surface area contributed by atoms with E-state index in [2.05, 4.69) is 27.5 Å². The van der Waals surface area contributed by atoms with Crippen LogP contribution in [0, 0.1) is 0 Å². The predicted molar refractivity (Wildman–Crippen MR) is 107 cm³/mol. The van der Waals surface area contributed by atoms with E-state index in [0.717, 1.165) is 34.6 Å². The number of fused-ring (bicyclic) bond motifs is 3. The topological polar surface area (TPSA) is 66.9 Å². The Morgan fingerprint density at radius 2 is 1.69 bits per heavy atom. The summed E-state index contributed by atoms with van der Waals surface area (Å²) in [5.41, 5.74) is 2.36. The molecule has 0 aliphatic rings. The molecular formula is C21H26N4O. The summed E-state index contributed by atoms with van der Waals surface area (Å²) in [4.78, 5) is 21.2. The van der Waals surface area contributed by atoms with Gasteiger partial charge in [0.25, 0.3) is 0 Å². The molecule has 3 rings (SSSR count). The predicted octanol–water partition coefficient (Wildman–Crippen LogP) is 5.27. The molecule has 0 fully saturated rings. The van der Waals surface area contributed by atoms with Gasteiger partial charge >= 0.3 is 6.03 Å². The molecular weight excluding hydrogens is 324 g/mol. The van der Waals surface area contributed by atoms with Crippen LogP contribution in [-0.2, 0) is 0 Å². The minimum Gasteiger partial charge on any atom is -0.338 e. The number of aromatic nitrogens is 2. The van der Waals surface area contributed by atoms with E-state index in [1.54, 1.807) is 12.4 Å². The minimum absolute atomic E-state index is 0.186. The van der Waals surface area contributed by atoms with E-state index in [4.69, 9.17) is 0 Å². The first kappa shape index (κ1) is 18.1. The number of pyridine rings is 2. The Morgan fingerprint density at radius 3 is 2.54 bits per heavy atom. The Bertz CT molecular complexity index is 878. The maximum Gasteiger partial charge on any atom is 0.319 e. The zero-order valence-electron chi connectivity index (χ0n) is 15.3. The summed E-state index contributed by atoms with van der Waals surface area (Å²) in [6, 6.07) is 9.51. The van der Waals surface area contributed by atoms with Crippen molar-refractivity contribution >= 4 is 33.5 Å². The maximum atomic E-state index is 12.3. The summed E-state index contributed by atoms with van der Waals surface area (Å²) >= 11 is 0. The molecule has 5 nitrogen and oxygen atoms in total. The van der Waals surface area contributed by atoms with Crippen molar-refractivity contribution < 1.29 is 4.79 Å². The first-order chi connectivity index (χ1) is 12.8. The molecule has 1 aromatic carbocycles. The van der Waals surface area contributed by atoms with E-state index in [-0.39, 0.29) is 6.03 Å². The molecule has 0 bridgehead atoms. The number of amides is 2. The quantitative estimate of drug-likeness (QED) is 0.430. The number of nitrogens with one attached hydrogen (secondary N) is 2. The molecule has 2 aromatic heterocycles. The van der Waals surface area contributed by atoms with Crippen LogP contribution in [0.1, 0.15) is 45.4 Å². The third-order valence-electron chi connectivity index (χ3n) is 4.52. The summed E-state index contributed by atoms with van der Waals surface area (Å²) in [7, 11) is 0. The fraction of sp³-hybridized carbons (Fsp3) is 0.381. The third-order valence-corrected chi connectivity index (χ3v) is 4.52. The van der Waals surface area contributed by atoms with E-state index < -0.39 is 0 Å². The normalized spacial score (nSPS) is 11.0. The number of urea groups is 1. The van der Waals surface area contributed by atoms with Gasteiger partial charge in [-0.15, -0.1) is 0 Å². The van der Waals surface area contributed by atoms with E-state index >= 15 is 0 Å². The smallest absolute Gasteiger partial charge is 0.319 e. The number of hydrogen-bond donors (Lipinski definition) is 2. The molecule has 0 aliphatic heterocycles. The number of rotatable bonds is 8. The third kappa shape index (κ3) is 4.48. The van der Waals surface area contributed by atoms with E-state index in [1.165, 1.54) is 25.7 Å². The van der Waals surface area contributed by atoms with E-state index in [0.29, 0.717) is 12.2 Å². The zero-order chi connectivity index (χ0) is 18.2. The molecule has 0 atom stereocenters. The van der Waals surface area contributed by atoms with Crippen molar-refractivity contribution in [3.63, 3.8) is 0 Å². The van der Waals surface area contributed by atoms with Crippen LogP contribution >= 0.6 is 0 Å². The molecule has 0 saturated heterocycles. The average Bonchev–Trinajstić information content (AvgIpc) is 2.67. The van der Waals surface area contributed by atoms with Crippen LogP contribution in [0.3, 0.4) is 0 Å². The monoisotopic (exact) mass is 350 g/mol. The molecule has 0 aliphatic carbocycles. The highest BCUT2D eigenvalue weighted by molar-refractivity contribution is 6.11. The summed E-state index contributed by atoms with van der Waals surface area (Å²) in [5, 5.41) is 7.82. The van der Waals surface area contributed by atoms with Crippen molar-refractivity contribution in [2.45, 2.75) is 45.4 Å². The number of anilines is 1. The Morgan fingerprint density at radius 1 is 0.962 bits per heavy atom. The van der Waals surface area contributed by atoms with Gasteiger partial charge in [-0.1, -0.05) is 45.1 Å². The molecule has 2 amide bonds. The summed E-state index contributed by atoms with van der Waals surface area (Å²) in [6.07, 6.45) is 10.7.